The van der Waals surface area contributed by atoms with Crippen molar-refractivity contribution in [1.82, 2.24) is 4.90 Å². The molecule has 0 spiro atoms. The van der Waals surface area contributed by atoms with Crippen LogP contribution in [0.5, 0.6) is 0 Å². The lowest BCUT2D eigenvalue weighted by molar-refractivity contribution is 0.00766. The zero-order valence-electron chi connectivity index (χ0n) is 13.4. The molecule has 0 radical (unpaired) electrons. The van der Waals surface area contributed by atoms with E-state index in [1.165, 1.54) is 12.1 Å². The van der Waals surface area contributed by atoms with Crippen LogP contribution in [0.25, 0.3) is 0 Å². The number of nitrogens with zero attached hydrogens (tertiary/aromatic N) is 1. The number of carbonyl (C=O) groups is 1. The number of halogens is 1. The first-order chi connectivity index (χ1) is 10.3. The molecule has 1 heterocycles. The fourth-order valence-corrected chi connectivity index (χ4v) is 2.66. The van der Waals surface area contributed by atoms with E-state index in [0.717, 1.165) is 5.56 Å². The van der Waals surface area contributed by atoms with E-state index in [1.807, 2.05) is 20.8 Å². The minimum absolute atomic E-state index is 0.0733. The first kappa shape index (κ1) is 16.7. The van der Waals surface area contributed by atoms with Gasteiger partial charge in [-0.3, -0.25) is 0 Å². The second kappa shape index (κ2) is 6.65. The summed E-state index contributed by atoms with van der Waals surface area (Å²) in [4.78, 5) is 13.7. The van der Waals surface area contributed by atoms with Crippen LogP contribution in [-0.4, -0.2) is 34.8 Å². The average Bonchev–Trinajstić information content (AvgIpc) is 2.46. The smallest absolute Gasteiger partial charge is 0.410 e. The lowest BCUT2D eigenvalue weighted by Gasteiger charge is -2.35. The van der Waals surface area contributed by atoms with Crippen LogP contribution in [0.4, 0.5) is 9.18 Å². The van der Waals surface area contributed by atoms with Crippen LogP contribution in [0.1, 0.15) is 45.3 Å². The number of amides is 1. The van der Waals surface area contributed by atoms with Crippen LogP contribution < -0.4 is 0 Å². The second-order valence-corrected chi connectivity index (χ2v) is 6.80. The summed E-state index contributed by atoms with van der Waals surface area (Å²) in [5.74, 6) is -0.236. The van der Waals surface area contributed by atoms with Crippen molar-refractivity contribution in [2.45, 2.75) is 45.3 Å². The Labute approximate surface area is 130 Å². The van der Waals surface area contributed by atoms with Gasteiger partial charge in [0.05, 0.1) is 6.10 Å². The second-order valence-electron chi connectivity index (χ2n) is 6.80. The Bertz CT molecular complexity index is 502. The van der Waals surface area contributed by atoms with Crippen molar-refractivity contribution in [3.8, 4) is 0 Å². The molecule has 1 N–H and O–H groups in total. The fourth-order valence-electron chi connectivity index (χ4n) is 2.66. The monoisotopic (exact) mass is 309 g/mol. The molecular formula is C17H24FNO3. The highest BCUT2D eigenvalue weighted by atomic mass is 19.1. The molecule has 1 aromatic carbocycles. The van der Waals surface area contributed by atoms with E-state index in [0.29, 0.717) is 25.9 Å². The molecule has 5 heteroatoms. The van der Waals surface area contributed by atoms with Crippen molar-refractivity contribution in [1.29, 1.82) is 0 Å². The Balaban J connectivity index is 1.89. The van der Waals surface area contributed by atoms with Gasteiger partial charge in [-0.05, 0) is 57.2 Å². The molecule has 1 aliphatic heterocycles. The molecule has 1 fully saturated rings. The van der Waals surface area contributed by atoms with Gasteiger partial charge in [-0.2, -0.15) is 0 Å². The Morgan fingerprint density at radius 1 is 1.27 bits per heavy atom. The SMILES string of the molecule is CC(C)(C)OC(=O)N1CCC([C@H](O)c2ccc(F)cc2)CC1. The molecule has 1 atom stereocenters. The summed E-state index contributed by atoms with van der Waals surface area (Å²) in [7, 11) is 0. The molecule has 1 aromatic rings. The van der Waals surface area contributed by atoms with E-state index < -0.39 is 11.7 Å². The van der Waals surface area contributed by atoms with Crippen molar-refractivity contribution >= 4 is 6.09 Å². The molecule has 4 nitrogen and oxygen atoms in total. The van der Waals surface area contributed by atoms with Gasteiger partial charge in [0.15, 0.2) is 0 Å². The van der Waals surface area contributed by atoms with Crippen LogP contribution in [-0.2, 0) is 4.74 Å². The van der Waals surface area contributed by atoms with Crippen molar-refractivity contribution < 1.29 is 19.0 Å². The lowest BCUT2D eigenvalue weighted by atomic mass is 9.87. The predicted molar refractivity (Wildman–Crippen MR) is 81.9 cm³/mol. The van der Waals surface area contributed by atoms with Gasteiger partial charge < -0.3 is 14.7 Å². The molecule has 1 amide bonds. The summed E-state index contributed by atoms with van der Waals surface area (Å²) >= 11 is 0. The summed E-state index contributed by atoms with van der Waals surface area (Å²) in [6.45, 7) is 6.66. The number of aliphatic hydroxyl groups excluding tert-OH is 1. The summed E-state index contributed by atoms with van der Waals surface area (Å²) < 4.78 is 18.3. The first-order valence-electron chi connectivity index (χ1n) is 7.68. The minimum atomic E-state index is -0.624. The van der Waals surface area contributed by atoms with Gasteiger partial charge in [-0.1, -0.05) is 12.1 Å². The quantitative estimate of drug-likeness (QED) is 0.909. The number of piperidine rings is 1. The van der Waals surface area contributed by atoms with Crippen molar-refractivity contribution in [3.05, 3.63) is 35.6 Å². The minimum Gasteiger partial charge on any atom is -0.444 e. The standard InChI is InChI=1S/C17H24FNO3/c1-17(2,3)22-16(21)19-10-8-13(9-11-19)15(20)12-4-6-14(18)7-5-12/h4-7,13,15,20H,8-11H2,1-3H3/t15-/m1/s1. The van der Waals surface area contributed by atoms with Crippen molar-refractivity contribution in [2.75, 3.05) is 13.1 Å². The van der Waals surface area contributed by atoms with Gasteiger partial charge in [0, 0.05) is 13.1 Å². The predicted octanol–water partition coefficient (Wildman–Crippen LogP) is 3.51. The molecule has 0 bridgehead atoms. The van der Waals surface area contributed by atoms with Gasteiger partial charge >= 0.3 is 6.09 Å². The molecule has 0 saturated carbocycles. The Morgan fingerprint density at radius 2 is 1.82 bits per heavy atom. The van der Waals surface area contributed by atoms with Gasteiger partial charge in [-0.25, -0.2) is 9.18 Å². The third kappa shape index (κ3) is 4.44. The number of aliphatic hydroxyl groups is 1. The number of likely N-dealkylation sites (tertiary alicyclic amines) is 1. The number of hydrogen-bond acceptors (Lipinski definition) is 3. The largest absolute Gasteiger partial charge is 0.444 e. The van der Waals surface area contributed by atoms with E-state index in [-0.39, 0.29) is 17.8 Å². The highest BCUT2D eigenvalue weighted by molar-refractivity contribution is 5.68. The number of hydrogen-bond donors (Lipinski definition) is 1. The van der Waals surface area contributed by atoms with Gasteiger partial charge in [-0.15, -0.1) is 0 Å². The van der Waals surface area contributed by atoms with Crippen LogP contribution >= 0.6 is 0 Å². The van der Waals surface area contributed by atoms with Crippen LogP contribution in [0, 0.1) is 11.7 Å². The normalized spacial score (nSPS) is 18.1. The molecule has 0 aliphatic carbocycles. The van der Waals surface area contributed by atoms with Crippen molar-refractivity contribution in [3.63, 3.8) is 0 Å². The van der Waals surface area contributed by atoms with Gasteiger partial charge in [0.2, 0.25) is 0 Å². The first-order valence-corrected chi connectivity index (χ1v) is 7.68. The molecule has 0 aromatic heterocycles. The third-order valence-corrected chi connectivity index (χ3v) is 3.85. The molecular weight excluding hydrogens is 285 g/mol. The van der Waals surface area contributed by atoms with E-state index in [1.54, 1.807) is 17.0 Å². The molecule has 2 rings (SSSR count). The average molecular weight is 309 g/mol. The number of benzene rings is 1. The lowest BCUT2D eigenvalue weighted by Crippen LogP contribution is -2.42. The van der Waals surface area contributed by atoms with E-state index in [4.69, 9.17) is 4.74 Å². The summed E-state index contributed by atoms with van der Waals surface area (Å²) in [6, 6.07) is 5.93. The highest BCUT2D eigenvalue weighted by Crippen LogP contribution is 2.31. The zero-order chi connectivity index (χ0) is 16.3. The molecule has 122 valence electrons. The van der Waals surface area contributed by atoms with Crippen LogP contribution in [0.2, 0.25) is 0 Å². The Kier molecular flexibility index (Phi) is 5.06. The van der Waals surface area contributed by atoms with Gasteiger partial charge in [0.1, 0.15) is 11.4 Å². The van der Waals surface area contributed by atoms with E-state index in [9.17, 15) is 14.3 Å². The maximum absolute atomic E-state index is 12.9. The summed E-state index contributed by atoms with van der Waals surface area (Å²) in [6.07, 6.45) is 0.485. The molecule has 22 heavy (non-hydrogen) atoms. The van der Waals surface area contributed by atoms with Crippen molar-refractivity contribution in [2.24, 2.45) is 5.92 Å². The third-order valence-electron chi connectivity index (χ3n) is 3.85. The number of carbonyl (C=O) groups excluding carboxylic acids is 1. The molecule has 0 unspecified atom stereocenters. The van der Waals surface area contributed by atoms with E-state index in [2.05, 4.69) is 0 Å². The Morgan fingerprint density at radius 3 is 2.32 bits per heavy atom. The van der Waals surface area contributed by atoms with Gasteiger partial charge in [0.25, 0.3) is 0 Å². The maximum Gasteiger partial charge on any atom is 0.410 e. The maximum atomic E-state index is 12.9. The Hall–Kier alpha value is -1.62. The zero-order valence-corrected chi connectivity index (χ0v) is 13.4. The summed E-state index contributed by atoms with van der Waals surface area (Å²) in [5, 5.41) is 10.4. The van der Waals surface area contributed by atoms with Crippen LogP contribution in [0.15, 0.2) is 24.3 Å². The van der Waals surface area contributed by atoms with Crippen LogP contribution in [0.3, 0.4) is 0 Å². The topological polar surface area (TPSA) is 49.8 Å². The summed E-state index contributed by atoms with van der Waals surface area (Å²) in [5.41, 5.74) is 0.221. The molecule has 1 saturated heterocycles. The van der Waals surface area contributed by atoms with E-state index >= 15 is 0 Å². The fraction of sp³-hybridized carbons (Fsp3) is 0.588. The molecule has 1 aliphatic rings. The number of rotatable bonds is 2. The number of ether oxygens (including phenoxy) is 1. The highest BCUT2D eigenvalue weighted by Gasteiger charge is 2.30.